The highest BCUT2D eigenvalue weighted by Crippen LogP contribution is 2.55. The number of aromatic nitrogens is 3. The van der Waals surface area contributed by atoms with E-state index >= 15 is 0 Å². The van der Waals surface area contributed by atoms with Crippen molar-refractivity contribution in [2.24, 2.45) is 5.92 Å². The molecule has 1 aliphatic heterocycles. The molecule has 3 aliphatic rings. The highest BCUT2D eigenvalue weighted by molar-refractivity contribution is 7.18. The molecule has 3 aromatic heterocycles. The van der Waals surface area contributed by atoms with Gasteiger partial charge in [0.1, 0.15) is 18.2 Å². The number of piperidine rings is 1. The molecule has 0 unspecified atom stereocenters. The topological polar surface area (TPSA) is 97.6 Å². The smallest absolute Gasteiger partial charge is 0.391 e. The number of fused-ring (bicyclic) bond motifs is 3. The number of benzene rings is 1. The van der Waals surface area contributed by atoms with Crippen molar-refractivity contribution in [1.29, 1.82) is 0 Å². The summed E-state index contributed by atoms with van der Waals surface area (Å²) in [6, 6.07) is 7.15. The molecule has 47 heavy (non-hydrogen) atoms. The van der Waals surface area contributed by atoms with Crippen molar-refractivity contribution in [3.8, 4) is 16.9 Å². The van der Waals surface area contributed by atoms with E-state index in [9.17, 15) is 27.9 Å². The molecule has 4 aromatic rings. The highest BCUT2D eigenvalue weighted by atomic mass is 35.5. The summed E-state index contributed by atoms with van der Waals surface area (Å²) in [6.45, 7) is 4.81. The van der Waals surface area contributed by atoms with Gasteiger partial charge in [0.05, 0.1) is 33.9 Å². The Morgan fingerprint density at radius 1 is 1.15 bits per heavy atom. The fraction of sp³-hybridized carbons (Fsp3) is 0.471. The molecule has 1 saturated heterocycles. The maximum Gasteiger partial charge on any atom is 0.391 e. The molecule has 8 nitrogen and oxygen atoms in total. The van der Waals surface area contributed by atoms with Gasteiger partial charge in [-0.3, -0.25) is 19.2 Å². The van der Waals surface area contributed by atoms with Crippen molar-refractivity contribution in [1.82, 2.24) is 19.4 Å². The monoisotopic (exact) mass is 686 g/mol. The fourth-order valence-corrected chi connectivity index (χ4v) is 8.64. The van der Waals surface area contributed by atoms with Gasteiger partial charge in [-0.2, -0.15) is 13.2 Å². The summed E-state index contributed by atoms with van der Waals surface area (Å²) < 4.78 is 48.5. The number of carboxylic acids is 1. The van der Waals surface area contributed by atoms with E-state index in [1.54, 1.807) is 35.1 Å². The second-order valence-electron chi connectivity index (χ2n) is 13.1. The van der Waals surface area contributed by atoms with Crippen LogP contribution < -0.4 is 10.3 Å². The Bertz CT molecular complexity index is 1950. The average Bonchev–Trinajstić information content (AvgIpc) is 3.66. The summed E-state index contributed by atoms with van der Waals surface area (Å²) in [7, 11) is 0. The molecule has 1 aromatic carbocycles. The van der Waals surface area contributed by atoms with Gasteiger partial charge in [-0.05, 0) is 89.7 Å². The van der Waals surface area contributed by atoms with Crippen molar-refractivity contribution in [2.45, 2.75) is 76.6 Å². The number of alkyl halides is 3. The normalized spacial score (nSPS) is 19.7. The van der Waals surface area contributed by atoms with Gasteiger partial charge in [0.15, 0.2) is 0 Å². The molecule has 1 N–H and O–H groups in total. The first-order valence-corrected chi connectivity index (χ1v) is 17.1. The van der Waals surface area contributed by atoms with Crippen LogP contribution in [0.1, 0.15) is 65.2 Å². The van der Waals surface area contributed by atoms with Gasteiger partial charge >= 0.3 is 12.1 Å². The standard InChI is InChI=1S/C34H34ClF3N4O4S/c1-18-13-24(29-28(39-18)26(17-47-29)32(44)45)23-14-21(35)3-4-27(23)46-12-11-42-19(2)40-30-25(31(42)43)15-22(16-33(30)7-8-33)41-9-5-20(6-10-41)34(36,37)38/h3-4,13-14,17,20,22H,5-12,15-16H2,1-2H3,(H,44,45)/t22-/m1/s1. The number of likely N-dealkylation sites (tertiary alicyclic amines) is 1. The van der Waals surface area contributed by atoms with E-state index in [0.717, 1.165) is 30.5 Å². The first-order chi connectivity index (χ1) is 22.3. The third kappa shape index (κ3) is 5.93. The number of ether oxygens (including phenoxy) is 1. The van der Waals surface area contributed by atoms with Crippen LogP contribution in [0.15, 0.2) is 34.4 Å². The minimum atomic E-state index is -4.16. The number of aryl methyl sites for hydroxylation is 2. The van der Waals surface area contributed by atoms with Crippen molar-refractivity contribution < 1.29 is 27.8 Å². The zero-order valence-corrected chi connectivity index (χ0v) is 27.6. The lowest BCUT2D eigenvalue weighted by atomic mass is 9.79. The summed E-state index contributed by atoms with van der Waals surface area (Å²) in [5.41, 5.74) is 3.91. The van der Waals surface area contributed by atoms with E-state index in [0.29, 0.717) is 63.1 Å². The Labute approximate surface area is 278 Å². The third-order valence-corrected chi connectivity index (χ3v) is 11.3. The molecule has 13 heteroatoms. The minimum Gasteiger partial charge on any atom is -0.491 e. The van der Waals surface area contributed by atoms with E-state index in [4.69, 9.17) is 21.3 Å². The van der Waals surface area contributed by atoms with Crippen LogP contribution in [0.4, 0.5) is 13.2 Å². The molecule has 1 spiro atoms. The molecule has 2 aliphatic carbocycles. The molecule has 1 saturated carbocycles. The third-order valence-electron chi connectivity index (χ3n) is 10.1. The predicted octanol–water partition coefficient (Wildman–Crippen LogP) is 7.19. The Balaban J connectivity index is 1.13. The maximum atomic E-state index is 14.0. The van der Waals surface area contributed by atoms with Crippen LogP contribution in [0.5, 0.6) is 5.75 Å². The lowest BCUT2D eigenvalue weighted by Crippen LogP contribution is -2.49. The lowest BCUT2D eigenvalue weighted by molar-refractivity contribution is -0.186. The number of nitrogens with zero attached hydrogens (tertiary/aromatic N) is 4. The molecule has 248 valence electrons. The number of pyridine rings is 1. The predicted molar refractivity (Wildman–Crippen MR) is 174 cm³/mol. The van der Waals surface area contributed by atoms with E-state index in [1.807, 2.05) is 13.0 Å². The minimum absolute atomic E-state index is 0.0252. The van der Waals surface area contributed by atoms with Crippen molar-refractivity contribution in [2.75, 3.05) is 19.7 Å². The Morgan fingerprint density at radius 2 is 1.89 bits per heavy atom. The molecular weight excluding hydrogens is 653 g/mol. The van der Waals surface area contributed by atoms with E-state index in [-0.39, 0.29) is 48.6 Å². The van der Waals surface area contributed by atoms with Crippen LogP contribution in [-0.4, -0.2) is 62.4 Å². The van der Waals surface area contributed by atoms with E-state index in [1.165, 1.54) is 11.3 Å². The maximum absolute atomic E-state index is 14.0. The van der Waals surface area contributed by atoms with Crippen LogP contribution in [0.25, 0.3) is 21.3 Å². The molecule has 2 fully saturated rings. The number of thiophene rings is 1. The van der Waals surface area contributed by atoms with Crippen molar-refractivity contribution in [3.05, 3.63) is 73.4 Å². The van der Waals surface area contributed by atoms with Crippen LogP contribution in [0, 0.1) is 19.8 Å². The number of halogens is 4. The number of carboxylic acid groups (broad SMARTS) is 1. The van der Waals surface area contributed by atoms with Gasteiger partial charge in [0.2, 0.25) is 0 Å². The van der Waals surface area contributed by atoms with Gasteiger partial charge in [-0.25, -0.2) is 9.78 Å². The fourth-order valence-electron chi connectivity index (χ4n) is 7.46. The Hall–Kier alpha value is -3.48. The number of hydrogen-bond donors (Lipinski definition) is 1. The van der Waals surface area contributed by atoms with E-state index < -0.39 is 18.1 Å². The van der Waals surface area contributed by atoms with Crippen LogP contribution in [0.3, 0.4) is 0 Å². The summed E-state index contributed by atoms with van der Waals surface area (Å²) in [4.78, 5) is 37.4. The first-order valence-electron chi connectivity index (χ1n) is 15.8. The molecule has 0 bridgehead atoms. The molecular formula is C34H34ClF3N4O4S. The van der Waals surface area contributed by atoms with Crippen molar-refractivity contribution >= 4 is 39.1 Å². The van der Waals surface area contributed by atoms with Gasteiger partial charge in [-0.15, -0.1) is 11.3 Å². The zero-order valence-electron chi connectivity index (χ0n) is 26.0. The summed E-state index contributed by atoms with van der Waals surface area (Å²) in [5, 5.41) is 11.7. The quantitative estimate of drug-likeness (QED) is 0.220. The second kappa shape index (κ2) is 11.9. The Kier molecular flexibility index (Phi) is 8.12. The summed E-state index contributed by atoms with van der Waals surface area (Å²) in [6.07, 6.45) is -0.782. The SMILES string of the molecule is Cc1cc(-c2cc(Cl)ccc2OCCn2c(C)nc3c(c2=O)C[C@@H](N2CCC(C(F)(F)F)CC2)CC32CC2)c2scc(C(=O)O)c2n1. The molecule has 4 heterocycles. The number of carbonyl (C=O) groups is 1. The van der Waals surface area contributed by atoms with Crippen LogP contribution in [0.2, 0.25) is 5.02 Å². The largest absolute Gasteiger partial charge is 0.491 e. The first kappa shape index (κ1) is 32.1. The highest BCUT2D eigenvalue weighted by Gasteiger charge is 2.53. The molecule has 0 radical (unpaired) electrons. The number of aromatic carboxylic acids is 1. The number of rotatable bonds is 7. The van der Waals surface area contributed by atoms with E-state index in [2.05, 4.69) is 9.88 Å². The molecule has 7 rings (SSSR count). The van der Waals surface area contributed by atoms with Crippen LogP contribution >= 0.6 is 22.9 Å². The van der Waals surface area contributed by atoms with Gasteiger partial charge in [0.25, 0.3) is 5.56 Å². The van der Waals surface area contributed by atoms with Gasteiger partial charge < -0.3 is 9.84 Å². The number of hydrogen-bond acceptors (Lipinski definition) is 7. The van der Waals surface area contributed by atoms with Crippen LogP contribution in [-0.2, 0) is 18.4 Å². The zero-order chi connectivity index (χ0) is 33.2. The Morgan fingerprint density at radius 3 is 2.57 bits per heavy atom. The molecule has 1 atom stereocenters. The lowest BCUT2D eigenvalue weighted by Gasteiger charge is -2.42. The average molecular weight is 687 g/mol. The van der Waals surface area contributed by atoms with Gasteiger partial charge in [-0.1, -0.05) is 11.6 Å². The molecule has 0 amide bonds. The second-order valence-corrected chi connectivity index (χ2v) is 14.4. The summed E-state index contributed by atoms with van der Waals surface area (Å²) >= 11 is 7.70. The summed E-state index contributed by atoms with van der Waals surface area (Å²) in [5.74, 6) is -1.17. The van der Waals surface area contributed by atoms with Gasteiger partial charge in [0, 0.05) is 44.2 Å². The van der Waals surface area contributed by atoms with Crippen molar-refractivity contribution in [3.63, 3.8) is 0 Å².